The monoisotopic (exact) mass is 366 g/mol. The lowest BCUT2D eigenvalue weighted by atomic mass is 10.2. The van der Waals surface area contributed by atoms with E-state index in [1.165, 1.54) is 13.3 Å². The van der Waals surface area contributed by atoms with Crippen molar-refractivity contribution in [3.05, 3.63) is 42.2 Å². The van der Waals surface area contributed by atoms with E-state index in [-0.39, 0.29) is 24.9 Å². The van der Waals surface area contributed by atoms with Crippen molar-refractivity contribution in [3.8, 4) is 17.5 Å². The number of aromatic amines is 1. The molecule has 0 aliphatic rings. The van der Waals surface area contributed by atoms with Gasteiger partial charge < -0.3 is 25.5 Å². The van der Waals surface area contributed by atoms with Gasteiger partial charge >= 0.3 is 6.09 Å². The fourth-order valence-corrected chi connectivity index (χ4v) is 2.70. The summed E-state index contributed by atoms with van der Waals surface area (Å²) in [6, 6.07) is 11.4. The fourth-order valence-electron chi connectivity index (χ4n) is 2.70. The fraction of sp³-hybridized carbons (Fsp3) is 0.222. The van der Waals surface area contributed by atoms with Gasteiger partial charge in [-0.25, -0.2) is 14.8 Å². The summed E-state index contributed by atoms with van der Waals surface area (Å²) in [6.07, 6.45) is 0.316. The van der Waals surface area contributed by atoms with Crippen molar-refractivity contribution < 1.29 is 14.6 Å². The Labute approximate surface area is 155 Å². The number of anilines is 1. The molecule has 0 radical (unpaired) electrons. The summed E-state index contributed by atoms with van der Waals surface area (Å²) < 4.78 is 5.11. The van der Waals surface area contributed by atoms with E-state index >= 15 is 0 Å². The number of carbonyl (C=O) groups is 1. The summed E-state index contributed by atoms with van der Waals surface area (Å²) >= 11 is 0. The molecular formula is C18H18N6O3. The molecule has 9 heteroatoms. The van der Waals surface area contributed by atoms with Crippen molar-refractivity contribution in [2.75, 3.05) is 25.6 Å². The third-order valence-electron chi connectivity index (χ3n) is 3.88. The summed E-state index contributed by atoms with van der Waals surface area (Å²) in [5.74, 6) is 0.414. The van der Waals surface area contributed by atoms with Crippen LogP contribution in [-0.4, -0.2) is 52.5 Å². The maximum absolute atomic E-state index is 10.7. The molecular weight excluding hydrogens is 348 g/mol. The van der Waals surface area contributed by atoms with Crippen molar-refractivity contribution in [2.24, 2.45) is 0 Å². The molecule has 4 N–H and O–H groups in total. The molecule has 0 saturated carbocycles. The standard InChI is InChI=1S/C18H18N6O3/c1-27-10-12(8-21-18(25)26)22-16-9-20-15(7-19)17(24-16)14-6-11-4-2-3-5-13(11)23-14/h2-6,9,12,21,23H,8,10H2,1H3,(H,22,24)(H,25,26). The number of nitrogens with zero attached hydrogens (tertiary/aromatic N) is 3. The molecule has 1 unspecified atom stereocenters. The highest BCUT2D eigenvalue weighted by molar-refractivity contribution is 5.85. The Kier molecular flexibility index (Phi) is 5.49. The smallest absolute Gasteiger partial charge is 0.404 e. The number of ether oxygens (including phenoxy) is 1. The molecule has 0 fully saturated rings. The molecule has 1 atom stereocenters. The Morgan fingerprint density at radius 3 is 2.96 bits per heavy atom. The van der Waals surface area contributed by atoms with Gasteiger partial charge in [-0.1, -0.05) is 18.2 Å². The second-order valence-electron chi connectivity index (χ2n) is 5.82. The van der Waals surface area contributed by atoms with E-state index in [1.807, 2.05) is 36.4 Å². The predicted molar refractivity (Wildman–Crippen MR) is 99.4 cm³/mol. The Balaban J connectivity index is 1.90. The van der Waals surface area contributed by atoms with Crippen molar-refractivity contribution in [2.45, 2.75) is 6.04 Å². The highest BCUT2D eigenvalue weighted by Gasteiger charge is 2.15. The van der Waals surface area contributed by atoms with Gasteiger partial charge in [-0.05, 0) is 12.1 Å². The van der Waals surface area contributed by atoms with E-state index in [1.54, 1.807) is 0 Å². The van der Waals surface area contributed by atoms with Crippen molar-refractivity contribution in [1.29, 1.82) is 5.26 Å². The van der Waals surface area contributed by atoms with Gasteiger partial charge in [0, 0.05) is 24.6 Å². The van der Waals surface area contributed by atoms with E-state index in [9.17, 15) is 10.1 Å². The van der Waals surface area contributed by atoms with Crippen molar-refractivity contribution >= 4 is 22.8 Å². The molecule has 1 amide bonds. The van der Waals surface area contributed by atoms with E-state index in [2.05, 4.69) is 25.6 Å². The number of amides is 1. The van der Waals surface area contributed by atoms with Gasteiger partial charge in [0.2, 0.25) is 0 Å². The zero-order valence-corrected chi connectivity index (χ0v) is 14.6. The number of aromatic nitrogens is 3. The Hall–Kier alpha value is -3.64. The molecule has 27 heavy (non-hydrogen) atoms. The van der Waals surface area contributed by atoms with E-state index in [4.69, 9.17) is 9.84 Å². The molecule has 0 aliphatic carbocycles. The molecule has 2 heterocycles. The minimum Gasteiger partial charge on any atom is -0.465 e. The lowest BCUT2D eigenvalue weighted by molar-refractivity contribution is 0.176. The van der Waals surface area contributed by atoms with Crippen LogP contribution in [0.5, 0.6) is 0 Å². The Morgan fingerprint density at radius 1 is 1.44 bits per heavy atom. The lowest BCUT2D eigenvalue weighted by Crippen LogP contribution is -2.38. The van der Waals surface area contributed by atoms with Gasteiger partial charge in [0.15, 0.2) is 5.69 Å². The number of benzene rings is 1. The van der Waals surface area contributed by atoms with Gasteiger partial charge in [-0.15, -0.1) is 0 Å². The summed E-state index contributed by atoms with van der Waals surface area (Å²) in [5, 5.41) is 24.5. The van der Waals surface area contributed by atoms with Crippen LogP contribution < -0.4 is 10.6 Å². The minimum atomic E-state index is -1.12. The van der Waals surface area contributed by atoms with Crippen molar-refractivity contribution in [1.82, 2.24) is 20.3 Å². The van der Waals surface area contributed by atoms with Crippen LogP contribution in [0.15, 0.2) is 36.5 Å². The molecule has 2 aromatic heterocycles. The van der Waals surface area contributed by atoms with E-state index in [0.717, 1.165) is 10.9 Å². The van der Waals surface area contributed by atoms with Gasteiger partial charge in [-0.2, -0.15) is 5.26 Å². The van der Waals surface area contributed by atoms with E-state index < -0.39 is 6.09 Å². The second-order valence-corrected chi connectivity index (χ2v) is 5.82. The molecule has 0 saturated heterocycles. The van der Waals surface area contributed by atoms with Gasteiger partial charge in [0.25, 0.3) is 0 Å². The first-order valence-corrected chi connectivity index (χ1v) is 8.18. The van der Waals surface area contributed by atoms with Crippen LogP contribution in [0.3, 0.4) is 0 Å². The third kappa shape index (κ3) is 4.31. The van der Waals surface area contributed by atoms with Gasteiger partial charge in [-0.3, -0.25) is 0 Å². The summed E-state index contributed by atoms with van der Waals surface area (Å²) in [5.41, 5.74) is 2.22. The highest BCUT2D eigenvalue weighted by atomic mass is 16.5. The average molecular weight is 366 g/mol. The maximum Gasteiger partial charge on any atom is 0.404 e. The minimum absolute atomic E-state index is 0.132. The first-order valence-electron chi connectivity index (χ1n) is 8.18. The predicted octanol–water partition coefficient (Wildman–Crippen LogP) is 2.19. The molecule has 0 spiro atoms. The van der Waals surface area contributed by atoms with Crippen molar-refractivity contribution in [3.63, 3.8) is 0 Å². The number of H-pyrrole nitrogens is 1. The largest absolute Gasteiger partial charge is 0.465 e. The number of rotatable bonds is 7. The van der Waals surface area contributed by atoms with Crippen LogP contribution in [0.25, 0.3) is 22.3 Å². The molecule has 0 aliphatic heterocycles. The number of methoxy groups -OCH3 is 1. The maximum atomic E-state index is 10.7. The van der Waals surface area contributed by atoms with Gasteiger partial charge in [0.1, 0.15) is 17.6 Å². The number of nitriles is 1. The zero-order chi connectivity index (χ0) is 19.2. The lowest BCUT2D eigenvalue weighted by Gasteiger charge is -2.18. The number of carboxylic acid groups (broad SMARTS) is 1. The number of para-hydroxylation sites is 1. The molecule has 9 nitrogen and oxygen atoms in total. The zero-order valence-electron chi connectivity index (χ0n) is 14.6. The first-order chi connectivity index (χ1) is 13.1. The third-order valence-corrected chi connectivity index (χ3v) is 3.88. The molecule has 1 aromatic carbocycles. The normalized spacial score (nSPS) is 11.7. The summed E-state index contributed by atoms with van der Waals surface area (Å²) in [7, 11) is 1.52. The van der Waals surface area contributed by atoms with Crippen LogP contribution in [0.4, 0.5) is 10.6 Å². The summed E-state index contributed by atoms with van der Waals surface area (Å²) in [4.78, 5) is 22.6. The van der Waals surface area contributed by atoms with E-state index in [0.29, 0.717) is 17.2 Å². The topological polar surface area (TPSA) is 136 Å². The number of nitrogens with one attached hydrogen (secondary N) is 3. The Bertz CT molecular complexity index is 961. The number of hydrogen-bond donors (Lipinski definition) is 4. The highest BCUT2D eigenvalue weighted by Crippen LogP contribution is 2.25. The van der Waals surface area contributed by atoms with Crippen LogP contribution in [0, 0.1) is 11.3 Å². The molecule has 3 rings (SSSR count). The quantitative estimate of drug-likeness (QED) is 0.503. The summed E-state index contributed by atoms with van der Waals surface area (Å²) in [6.45, 7) is 0.399. The van der Waals surface area contributed by atoms with Crippen LogP contribution in [0.2, 0.25) is 0 Å². The average Bonchev–Trinajstić information content (AvgIpc) is 3.10. The van der Waals surface area contributed by atoms with Crippen LogP contribution in [-0.2, 0) is 4.74 Å². The number of hydrogen-bond acceptors (Lipinski definition) is 6. The second kappa shape index (κ2) is 8.16. The SMILES string of the molecule is COCC(CNC(=O)O)Nc1cnc(C#N)c(-c2cc3ccccc3[nH]2)n1. The first kappa shape index (κ1) is 18.2. The molecule has 138 valence electrons. The van der Waals surface area contributed by atoms with Gasteiger partial charge in [0.05, 0.1) is 24.5 Å². The van der Waals surface area contributed by atoms with Crippen LogP contribution >= 0.6 is 0 Å². The molecule has 0 bridgehead atoms. The van der Waals surface area contributed by atoms with Crippen LogP contribution in [0.1, 0.15) is 5.69 Å². The molecule has 3 aromatic rings. The Morgan fingerprint density at radius 2 is 2.26 bits per heavy atom. The number of fused-ring (bicyclic) bond motifs is 1.